The molecule has 17 heavy (non-hydrogen) atoms. The zero-order chi connectivity index (χ0) is 11.7. The van der Waals surface area contributed by atoms with E-state index in [1.54, 1.807) is 0 Å². The fourth-order valence-electron chi connectivity index (χ4n) is 2.59. The topological polar surface area (TPSA) is 24.9 Å². The molecule has 3 rings (SSSR count). The van der Waals surface area contributed by atoms with Crippen LogP contribution in [0.5, 0.6) is 0 Å². The largest absolute Gasteiger partial charge is 0.306 e. The fraction of sp³-hybridized carbons (Fsp3) is 0.267. The van der Waals surface area contributed by atoms with Gasteiger partial charge in [-0.15, -0.1) is 0 Å². The molecule has 1 N–H and O–H groups in total. The standard InChI is InChI=1S/C15H16N2/c1-11-10-17-15(12-6-8-16-9-7-12)14-5-3-2-4-13(11)14/h2-9,11,15,17H,10H2,1H3/t11-,15?/m1/s1. The fourth-order valence-corrected chi connectivity index (χ4v) is 2.59. The lowest BCUT2D eigenvalue weighted by atomic mass is 9.85. The summed E-state index contributed by atoms with van der Waals surface area (Å²) in [5.41, 5.74) is 4.16. The molecule has 2 heteroatoms. The molecule has 2 aromatic rings. The van der Waals surface area contributed by atoms with Crippen LogP contribution < -0.4 is 5.32 Å². The lowest BCUT2D eigenvalue weighted by Crippen LogP contribution is -2.32. The van der Waals surface area contributed by atoms with E-state index in [1.165, 1.54) is 16.7 Å². The predicted molar refractivity (Wildman–Crippen MR) is 68.9 cm³/mol. The highest BCUT2D eigenvalue weighted by atomic mass is 14.9. The molecule has 1 aromatic carbocycles. The van der Waals surface area contributed by atoms with E-state index < -0.39 is 0 Å². The maximum Gasteiger partial charge on any atom is 0.0580 e. The Morgan fingerprint density at radius 3 is 2.53 bits per heavy atom. The molecule has 0 spiro atoms. The highest BCUT2D eigenvalue weighted by Gasteiger charge is 2.24. The summed E-state index contributed by atoms with van der Waals surface area (Å²) < 4.78 is 0. The van der Waals surface area contributed by atoms with Gasteiger partial charge in [-0.1, -0.05) is 31.2 Å². The van der Waals surface area contributed by atoms with Gasteiger partial charge in [0.05, 0.1) is 6.04 Å². The van der Waals surface area contributed by atoms with Crippen LogP contribution >= 0.6 is 0 Å². The number of benzene rings is 1. The van der Waals surface area contributed by atoms with Gasteiger partial charge in [0.2, 0.25) is 0 Å². The minimum Gasteiger partial charge on any atom is -0.306 e. The van der Waals surface area contributed by atoms with Crippen molar-refractivity contribution in [2.24, 2.45) is 0 Å². The average Bonchev–Trinajstić information content (AvgIpc) is 2.41. The smallest absolute Gasteiger partial charge is 0.0580 e. The second-order valence-electron chi connectivity index (χ2n) is 4.65. The summed E-state index contributed by atoms with van der Waals surface area (Å²) in [5.74, 6) is 0.587. The number of nitrogens with zero attached hydrogens (tertiary/aromatic N) is 1. The van der Waals surface area contributed by atoms with Crippen LogP contribution in [-0.2, 0) is 0 Å². The molecule has 0 amide bonds. The third kappa shape index (κ3) is 1.85. The highest BCUT2D eigenvalue weighted by Crippen LogP contribution is 2.33. The van der Waals surface area contributed by atoms with Crippen molar-refractivity contribution < 1.29 is 0 Å². The lowest BCUT2D eigenvalue weighted by Gasteiger charge is -2.31. The number of fused-ring (bicyclic) bond motifs is 1. The van der Waals surface area contributed by atoms with Crippen molar-refractivity contribution in [1.82, 2.24) is 10.3 Å². The highest BCUT2D eigenvalue weighted by molar-refractivity contribution is 5.40. The van der Waals surface area contributed by atoms with E-state index in [-0.39, 0.29) is 0 Å². The van der Waals surface area contributed by atoms with Crippen LogP contribution in [0.1, 0.15) is 35.6 Å². The van der Waals surface area contributed by atoms with Gasteiger partial charge in [0.15, 0.2) is 0 Å². The zero-order valence-electron chi connectivity index (χ0n) is 9.93. The number of hydrogen-bond acceptors (Lipinski definition) is 2. The Morgan fingerprint density at radius 1 is 1.06 bits per heavy atom. The molecule has 1 aromatic heterocycles. The molecule has 2 atom stereocenters. The van der Waals surface area contributed by atoms with E-state index in [4.69, 9.17) is 0 Å². The molecular weight excluding hydrogens is 208 g/mol. The summed E-state index contributed by atoms with van der Waals surface area (Å²) >= 11 is 0. The number of rotatable bonds is 1. The molecular formula is C15H16N2. The van der Waals surface area contributed by atoms with Gasteiger partial charge in [0, 0.05) is 18.9 Å². The molecule has 1 aliphatic heterocycles. The van der Waals surface area contributed by atoms with E-state index in [0.717, 1.165) is 6.54 Å². The number of nitrogens with one attached hydrogen (secondary N) is 1. The first-order valence-electron chi connectivity index (χ1n) is 6.08. The van der Waals surface area contributed by atoms with Gasteiger partial charge in [-0.25, -0.2) is 0 Å². The van der Waals surface area contributed by atoms with Crippen molar-refractivity contribution in [3.8, 4) is 0 Å². The second kappa shape index (κ2) is 4.30. The molecule has 2 heterocycles. The van der Waals surface area contributed by atoms with E-state index in [2.05, 4.69) is 53.6 Å². The Hall–Kier alpha value is -1.67. The van der Waals surface area contributed by atoms with E-state index >= 15 is 0 Å². The van der Waals surface area contributed by atoms with Crippen LogP contribution in [0.3, 0.4) is 0 Å². The van der Waals surface area contributed by atoms with Crippen LogP contribution in [0.4, 0.5) is 0 Å². The van der Waals surface area contributed by atoms with Crippen molar-refractivity contribution >= 4 is 0 Å². The third-order valence-corrected chi connectivity index (χ3v) is 3.51. The van der Waals surface area contributed by atoms with Crippen molar-refractivity contribution in [2.45, 2.75) is 18.9 Å². The maximum atomic E-state index is 4.08. The van der Waals surface area contributed by atoms with E-state index in [0.29, 0.717) is 12.0 Å². The summed E-state index contributed by atoms with van der Waals surface area (Å²) in [5, 5.41) is 3.61. The summed E-state index contributed by atoms with van der Waals surface area (Å²) in [6, 6.07) is 13.2. The molecule has 0 saturated carbocycles. The molecule has 0 bridgehead atoms. The van der Waals surface area contributed by atoms with Crippen molar-refractivity contribution in [3.63, 3.8) is 0 Å². The summed E-state index contributed by atoms with van der Waals surface area (Å²) in [6.45, 7) is 3.30. The van der Waals surface area contributed by atoms with Crippen LogP contribution in [-0.4, -0.2) is 11.5 Å². The number of aromatic nitrogens is 1. The number of pyridine rings is 1. The third-order valence-electron chi connectivity index (χ3n) is 3.51. The Bertz CT molecular complexity index is 507. The average molecular weight is 224 g/mol. The van der Waals surface area contributed by atoms with Gasteiger partial charge in [-0.3, -0.25) is 4.98 Å². The summed E-state index contributed by atoms with van der Waals surface area (Å²) in [4.78, 5) is 4.08. The summed E-state index contributed by atoms with van der Waals surface area (Å²) in [6.07, 6.45) is 3.72. The van der Waals surface area contributed by atoms with Crippen molar-refractivity contribution in [3.05, 3.63) is 65.5 Å². The minimum atomic E-state index is 0.311. The van der Waals surface area contributed by atoms with Crippen LogP contribution in [0.25, 0.3) is 0 Å². The monoisotopic (exact) mass is 224 g/mol. The Morgan fingerprint density at radius 2 is 1.76 bits per heavy atom. The molecule has 2 nitrogen and oxygen atoms in total. The second-order valence-corrected chi connectivity index (χ2v) is 4.65. The number of hydrogen-bond donors (Lipinski definition) is 1. The molecule has 0 aliphatic carbocycles. The molecule has 86 valence electrons. The molecule has 1 unspecified atom stereocenters. The zero-order valence-corrected chi connectivity index (χ0v) is 9.93. The van der Waals surface area contributed by atoms with Gasteiger partial charge in [-0.05, 0) is 34.7 Å². The van der Waals surface area contributed by atoms with Gasteiger partial charge in [-0.2, -0.15) is 0 Å². The first-order chi connectivity index (χ1) is 8.36. The molecule has 0 fully saturated rings. The Kier molecular flexibility index (Phi) is 2.65. The quantitative estimate of drug-likeness (QED) is 0.805. The minimum absolute atomic E-state index is 0.311. The van der Waals surface area contributed by atoms with Crippen LogP contribution in [0.2, 0.25) is 0 Å². The van der Waals surface area contributed by atoms with E-state index in [9.17, 15) is 0 Å². The van der Waals surface area contributed by atoms with E-state index in [1.807, 2.05) is 12.4 Å². The first-order valence-corrected chi connectivity index (χ1v) is 6.08. The Labute approximate surface area is 102 Å². The van der Waals surface area contributed by atoms with Gasteiger partial charge in [0.1, 0.15) is 0 Å². The van der Waals surface area contributed by atoms with Gasteiger partial charge >= 0.3 is 0 Å². The van der Waals surface area contributed by atoms with Gasteiger partial charge < -0.3 is 5.32 Å². The molecule has 0 radical (unpaired) electrons. The SMILES string of the molecule is C[C@@H]1CNC(c2ccncc2)c2ccccc21. The van der Waals surface area contributed by atoms with Crippen LogP contribution in [0.15, 0.2) is 48.8 Å². The maximum absolute atomic E-state index is 4.08. The summed E-state index contributed by atoms with van der Waals surface area (Å²) in [7, 11) is 0. The molecule has 1 aliphatic rings. The molecule has 0 saturated heterocycles. The first kappa shape index (κ1) is 10.5. The van der Waals surface area contributed by atoms with Gasteiger partial charge in [0.25, 0.3) is 0 Å². The normalized spacial score (nSPS) is 23.1. The predicted octanol–water partition coefficient (Wildman–Crippen LogP) is 2.88. The Balaban J connectivity index is 2.07. The van der Waals surface area contributed by atoms with Crippen LogP contribution in [0, 0.1) is 0 Å². The van der Waals surface area contributed by atoms with Crippen molar-refractivity contribution in [2.75, 3.05) is 6.54 Å². The lowest BCUT2D eigenvalue weighted by molar-refractivity contribution is 0.516. The van der Waals surface area contributed by atoms with Crippen molar-refractivity contribution in [1.29, 1.82) is 0 Å².